The normalized spacial score (nSPS) is 16.5. The van der Waals surface area contributed by atoms with Gasteiger partial charge in [0.2, 0.25) is 0 Å². The van der Waals surface area contributed by atoms with Crippen LogP contribution >= 0.6 is 12.6 Å². The maximum atomic E-state index is 4.75. The van der Waals surface area contributed by atoms with E-state index in [9.17, 15) is 0 Å². The fraction of sp³-hybridized carbons (Fsp3) is 0.200. The fourth-order valence-corrected chi connectivity index (χ4v) is 2.89. The summed E-state index contributed by atoms with van der Waals surface area (Å²) in [5.41, 5.74) is 6.53. The van der Waals surface area contributed by atoms with E-state index < -0.39 is 0 Å². The Hall–Kier alpha value is -1.41. The number of hydrogen-bond donors (Lipinski definition) is 1. The van der Waals surface area contributed by atoms with E-state index in [1.54, 1.807) is 0 Å². The van der Waals surface area contributed by atoms with E-state index in [1.807, 2.05) is 0 Å². The van der Waals surface area contributed by atoms with E-state index in [4.69, 9.17) is 12.6 Å². The van der Waals surface area contributed by atoms with Crippen molar-refractivity contribution in [1.82, 2.24) is 0 Å². The molecule has 2 heteroatoms. The van der Waals surface area contributed by atoms with Crippen LogP contribution in [0.2, 0.25) is 0 Å². The van der Waals surface area contributed by atoms with Crippen molar-refractivity contribution in [2.75, 3.05) is 19.0 Å². The van der Waals surface area contributed by atoms with Crippen LogP contribution < -0.4 is 4.90 Å². The number of nitrogens with zero attached hydrogens (tertiary/aromatic N) is 1. The second-order valence-corrected chi connectivity index (χ2v) is 5.17. The van der Waals surface area contributed by atoms with Crippen molar-refractivity contribution in [1.29, 1.82) is 0 Å². The summed E-state index contributed by atoms with van der Waals surface area (Å²) in [5, 5.41) is 0.209. The van der Waals surface area contributed by atoms with Crippen LogP contribution in [0.25, 0.3) is 11.1 Å². The zero-order chi connectivity index (χ0) is 12.0. The molecule has 0 spiro atoms. The molecule has 1 nitrogen and oxygen atoms in total. The Morgan fingerprint density at radius 1 is 0.941 bits per heavy atom. The van der Waals surface area contributed by atoms with Crippen LogP contribution in [-0.4, -0.2) is 14.1 Å². The van der Waals surface area contributed by atoms with Crippen molar-refractivity contribution < 1.29 is 0 Å². The van der Waals surface area contributed by atoms with Gasteiger partial charge in [0, 0.05) is 19.8 Å². The Balaban J connectivity index is 2.20. The standard InChI is InChI=1S/C15H15NS/c1-16(2)10-7-8-12-11-5-3-4-6-13(11)15(17)14(12)9-10/h3-9,15,17H,1-2H3/t15-/m1/s1. The lowest BCUT2D eigenvalue weighted by atomic mass is 10.1. The average molecular weight is 241 g/mol. The van der Waals surface area contributed by atoms with Crippen molar-refractivity contribution >= 4 is 18.3 Å². The molecule has 0 unspecified atom stereocenters. The zero-order valence-electron chi connectivity index (χ0n) is 10.0. The predicted molar refractivity (Wildman–Crippen MR) is 77.0 cm³/mol. The van der Waals surface area contributed by atoms with E-state index in [0.29, 0.717) is 0 Å². The minimum Gasteiger partial charge on any atom is -0.378 e. The van der Waals surface area contributed by atoms with E-state index >= 15 is 0 Å². The summed E-state index contributed by atoms with van der Waals surface area (Å²) >= 11 is 4.75. The minimum absolute atomic E-state index is 0.209. The summed E-state index contributed by atoms with van der Waals surface area (Å²) in [4.78, 5) is 2.13. The minimum atomic E-state index is 0.209. The maximum absolute atomic E-state index is 4.75. The molecule has 0 heterocycles. The van der Waals surface area contributed by atoms with E-state index in [1.165, 1.54) is 27.9 Å². The SMILES string of the molecule is CN(C)c1ccc2c(c1)[C@H](S)c1ccccc1-2. The molecule has 2 aromatic carbocycles. The lowest BCUT2D eigenvalue weighted by Gasteiger charge is -2.15. The van der Waals surface area contributed by atoms with Gasteiger partial charge < -0.3 is 4.90 Å². The van der Waals surface area contributed by atoms with Crippen LogP contribution in [0.3, 0.4) is 0 Å². The number of thiol groups is 1. The van der Waals surface area contributed by atoms with E-state index in [2.05, 4.69) is 61.5 Å². The first-order valence-electron chi connectivity index (χ1n) is 5.77. The van der Waals surface area contributed by atoms with Gasteiger partial charge in [0.05, 0.1) is 5.25 Å². The van der Waals surface area contributed by atoms with Gasteiger partial charge in [-0.1, -0.05) is 30.3 Å². The number of rotatable bonds is 1. The number of fused-ring (bicyclic) bond motifs is 3. The highest BCUT2D eigenvalue weighted by Gasteiger charge is 2.25. The van der Waals surface area contributed by atoms with Gasteiger partial charge in [-0.05, 0) is 34.4 Å². The molecular formula is C15H15NS. The predicted octanol–water partition coefficient (Wildman–Crippen LogP) is 3.75. The fourth-order valence-electron chi connectivity index (χ4n) is 2.45. The first-order chi connectivity index (χ1) is 8.18. The monoisotopic (exact) mass is 241 g/mol. The van der Waals surface area contributed by atoms with Crippen molar-refractivity contribution in [3.63, 3.8) is 0 Å². The smallest absolute Gasteiger partial charge is 0.0529 e. The van der Waals surface area contributed by atoms with Crippen molar-refractivity contribution in [2.24, 2.45) is 0 Å². The highest BCUT2D eigenvalue weighted by Crippen LogP contribution is 2.47. The average Bonchev–Trinajstić information content (AvgIpc) is 2.64. The highest BCUT2D eigenvalue weighted by atomic mass is 32.1. The summed E-state index contributed by atoms with van der Waals surface area (Å²) in [7, 11) is 4.13. The summed E-state index contributed by atoms with van der Waals surface area (Å²) in [6, 6.07) is 15.1. The van der Waals surface area contributed by atoms with Gasteiger partial charge in [-0.2, -0.15) is 12.6 Å². The summed E-state index contributed by atoms with van der Waals surface area (Å²) in [6.45, 7) is 0. The summed E-state index contributed by atoms with van der Waals surface area (Å²) in [6.07, 6.45) is 0. The van der Waals surface area contributed by atoms with Crippen LogP contribution in [0.15, 0.2) is 42.5 Å². The molecule has 0 bridgehead atoms. The number of benzene rings is 2. The first-order valence-corrected chi connectivity index (χ1v) is 6.29. The highest BCUT2D eigenvalue weighted by molar-refractivity contribution is 7.80. The van der Waals surface area contributed by atoms with Crippen LogP contribution in [0.5, 0.6) is 0 Å². The summed E-state index contributed by atoms with van der Waals surface area (Å²) < 4.78 is 0. The topological polar surface area (TPSA) is 3.24 Å². The Morgan fingerprint density at radius 2 is 1.65 bits per heavy atom. The third-order valence-electron chi connectivity index (χ3n) is 3.39. The molecule has 1 aliphatic carbocycles. The lowest BCUT2D eigenvalue weighted by molar-refractivity contribution is 1.12. The molecule has 17 heavy (non-hydrogen) atoms. The Bertz CT molecular complexity index is 575. The lowest BCUT2D eigenvalue weighted by Crippen LogP contribution is -2.08. The van der Waals surface area contributed by atoms with Crippen LogP contribution in [0.4, 0.5) is 5.69 Å². The molecule has 1 atom stereocenters. The molecule has 0 fully saturated rings. The molecule has 0 amide bonds. The Kier molecular flexibility index (Phi) is 2.40. The molecule has 0 aromatic heterocycles. The second kappa shape index (κ2) is 3.81. The van der Waals surface area contributed by atoms with Crippen molar-refractivity contribution in [3.05, 3.63) is 53.6 Å². The summed E-state index contributed by atoms with van der Waals surface area (Å²) in [5.74, 6) is 0. The zero-order valence-corrected chi connectivity index (χ0v) is 10.9. The van der Waals surface area contributed by atoms with Crippen molar-refractivity contribution in [2.45, 2.75) is 5.25 Å². The van der Waals surface area contributed by atoms with Gasteiger partial charge in [0.25, 0.3) is 0 Å². The maximum Gasteiger partial charge on any atom is 0.0529 e. The van der Waals surface area contributed by atoms with Gasteiger partial charge in [-0.3, -0.25) is 0 Å². The van der Waals surface area contributed by atoms with Gasteiger partial charge in [0.1, 0.15) is 0 Å². The molecule has 0 radical (unpaired) electrons. The van der Waals surface area contributed by atoms with Crippen LogP contribution in [0.1, 0.15) is 16.4 Å². The first kappa shape index (κ1) is 10.7. The van der Waals surface area contributed by atoms with Crippen LogP contribution in [-0.2, 0) is 0 Å². The molecule has 0 aliphatic heterocycles. The van der Waals surface area contributed by atoms with Crippen molar-refractivity contribution in [3.8, 4) is 11.1 Å². The molecule has 86 valence electrons. The molecule has 0 saturated carbocycles. The third kappa shape index (κ3) is 1.55. The molecule has 2 aromatic rings. The van der Waals surface area contributed by atoms with Gasteiger partial charge in [-0.15, -0.1) is 0 Å². The van der Waals surface area contributed by atoms with E-state index in [-0.39, 0.29) is 5.25 Å². The molecular weight excluding hydrogens is 226 g/mol. The largest absolute Gasteiger partial charge is 0.378 e. The second-order valence-electron chi connectivity index (χ2n) is 4.66. The van der Waals surface area contributed by atoms with Crippen LogP contribution in [0, 0.1) is 0 Å². The number of hydrogen-bond acceptors (Lipinski definition) is 2. The number of anilines is 1. The van der Waals surface area contributed by atoms with Gasteiger partial charge in [-0.25, -0.2) is 0 Å². The molecule has 0 N–H and O–H groups in total. The van der Waals surface area contributed by atoms with Gasteiger partial charge >= 0.3 is 0 Å². The van der Waals surface area contributed by atoms with E-state index in [0.717, 1.165) is 0 Å². The molecule has 1 aliphatic rings. The Labute approximate surface area is 107 Å². The quantitative estimate of drug-likeness (QED) is 0.744. The molecule has 3 rings (SSSR count). The Morgan fingerprint density at radius 3 is 2.41 bits per heavy atom. The van der Waals surface area contributed by atoms with Gasteiger partial charge in [0.15, 0.2) is 0 Å². The molecule has 0 saturated heterocycles. The third-order valence-corrected chi connectivity index (χ3v) is 3.95.